The predicted molar refractivity (Wildman–Crippen MR) is 342 cm³/mol. The number of ether oxygens (including phenoxy) is 2. The largest absolute Gasteiger partial charge is 0.756 e. The van der Waals surface area contributed by atoms with Gasteiger partial charge in [-0.15, -0.1) is 0 Å². The van der Waals surface area contributed by atoms with Crippen LogP contribution in [0.3, 0.4) is 0 Å². The van der Waals surface area contributed by atoms with Gasteiger partial charge < -0.3 is 27.9 Å². The van der Waals surface area contributed by atoms with Crippen molar-refractivity contribution in [3.05, 3.63) is 97.2 Å². The molecule has 0 aromatic rings. The van der Waals surface area contributed by atoms with Crippen LogP contribution in [0.15, 0.2) is 97.2 Å². The number of quaternary nitrogens is 1. The lowest BCUT2D eigenvalue weighted by Gasteiger charge is -2.28. The van der Waals surface area contributed by atoms with Gasteiger partial charge >= 0.3 is 11.9 Å². The number of carbonyl (C=O) groups is 2. The van der Waals surface area contributed by atoms with Gasteiger partial charge in [0.15, 0.2) is 6.10 Å². The first kappa shape index (κ1) is 76.9. The van der Waals surface area contributed by atoms with Crippen molar-refractivity contribution >= 4 is 19.8 Å². The molecule has 10 heteroatoms. The minimum atomic E-state index is -4.65. The van der Waals surface area contributed by atoms with E-state index in [0.29, 0.717) is 17.4 Å². The second kappa shape index (κ2) is 60.5. The fourth-order valence-corrected chi connectivity index (χ4v) is 9.77. The van der Waals surface area contributed by atoms with Crippen molar-refractivity contribution < 1.29 is 42.1 Å². The average Bonchev–Trinajstić information content (AvgIpc) is 3.42. The maximum absolute atomic E-state index is 12.8. The molecule has 0 aliphatic carbocycles. The number of allylic oxidation sites excluding steroid dienone is 16. The van der Waals surface area contributed by atoms with E-state index in [4.69, 9.17) is 18.5 Å². The number of likely N-dealkylation sites (N-methyl/N-ethyl adjacent to an activating group) is 1. The highest BCUT2D eigenvalue weighted by Crippen LogP contribution is 2.38. The minimum absolute atomic E-state index is 0.0345. The third-order valence-electron chi connectivity index (χ3n) is 14.1. The van der Waals surface area contributed by atoms with Gasteiger partial charge in [0.1, 0.15) is 19.8 Å². The van der Waals surface area contributed by atoms with Crippen LogP contribution >= 0.6 is 7.82 Å². The maximum Gasteiger partial charge on any atom is 0.306 e. The molecule has 0 N–H and O–H groups in total. The number of esters is 2. The molecule has 0 saturated carbocycles. The number of nitrogens with zero attached hydrogens (tertiary/aromatic N) is 1. The molecule has 0 saturated heterocycles. The summed E-state index contributed by atoms with van der Waals surface area (Å²) in [6, 6.07) is 0. The number of carbonyl (C=O) groups excluding carboxylic acids is 2. The van der Waals surface area contributed by atoms with Crippen molar-refractivity contribution in [3.63, 3.8) is 0 Å². The van der Waals surface area contributed by atoms with Gasteiger partial charge in [0.2, 0.25) is 0 Å². The summed E-state index contributed by atoms with van der Waals surface area (Å²) in [7, 11) is 1.16. The van der Waals surface area contributed by atoms with Crippen LogP contribution in [0, 0.1) is 0 Å². The molecule has 0 aliphatic heterocycles. The molecule has 0 heterocycles. The zero-order chi connectivity index (χ0) is 58.4. The fourth-order valence-electron chi connectivity index (χ4n) is 9.04. The Hall–Kier alpha value is -3.07. The lowest BCUT2D eigenvalue weighted by Crippen LogP contribution is -2.37. The van der Waals surface area contributed by atoms with E-state index in [1.54, 1.807) is 0 Å². The average molecular weight is 1140 g/mol. The van der Waals surface area contributed by atoms with Gasteiger partial charge in [0.05, 0.1) is 27.7 Å². The van der Waals surface area contributed by atoms with Crippen molar-refractivity contribution in [2.75, 3.05) is 47.5 Å². The third-order valence-corrected chi connectivity index (χ3v) is 15.1. The van der Waals surface area contributed by atoms with Crippen LogP contribution in [-0.2, 0) is 32.7 Å². The molecule has 80 heavy (non-hydrogen) atoms. The lowest BCUT2D eigenvalue weighted by atomic mass is 10.0. The quantitative estimate of drug-likeness (QED) is 0.0195. The summed E-state index contributed by atoms with van der Waals surface area (Å²) >= 11 is 0. The third kappa shape index (κ3) is 64.1. The molecule has 462 valence electrons. The molecule has 0 fully saturated rings. The Kier molecular flexibility index (Phi) is 58.2. The molecule has 2 unspecified atom stereocenters. The van der Waals surface area contributed by atoms with E-state index < -0.39 is 26.5 Å². The van der Waals surface area contributed by atoms with Crippen LogP contribution < -0.4 is 4.89 Å². The maximum atomic E-state index is 12.8. The summed E-state index contributed by atoms with van der Waals surface area (Å²) in [4.78, 5) is 38.0. The first-order valence-corrected chi connectivity index (χ1v) is 34.4. The monoisotopic (exact) mass is 1140 g/mol. The normalized spacial score (nSPS) is 13.8. The summed E-state index contributed by atoms with van der Waals surface area (Å²) in [5, 5.41) is 0. The predicted octanol–water partition coefficient (Wildman–Crippen LogP) is 20.5. The molecule has 0 radical (unpaired) electrons. The van der Waals surface area contributed by atoms with Gasteiger partial charge in [0, 0.05) is 12.8 Å². The number of hydrogen-bond acceptors (Lipinski definition) is 8. The van der Waals surface area contributed by atoms with E-state index in [1.165, 1.54) is 161 Å². The molecule has 0 spiro atoms. The Morgan fingerprint density at radius 1 is 0.400 bits per heavy atom. The second-order valence-corrected chi connectivity index (χ2v) is 24.5. The molecule has 0 bridgehead atoms. The molecular weight excluding hydrogens is 1010 g/mol. The molecule has 0 aliphatic rings. The number of rotatable bonds is 60. The molecule has 0 aromatic heterocycles. The highest BCUT2D eigenvalue weighted by Gasteiger charge is 2.22. The molecule has 0 aromatic carbocycles. The summed E-state index contributed by atoms with van der Waals surface area (Å²) in [5.74, 6) is -0.833. The smallest absolute Gasteiger partial charge is 0.306 e. The van der Waals surface area contributed by atoms with Crippen LogP contribution in [0.5, 0.6) is 0 Å². The SMILES string of the molecule is CC/C=C\C/C=C\C/C=C\C/C=C\C/C=C\C/C=C\C/C=C\CCCCCCCCCCCCCC(=O)OC(COC(=O)CCCCCCCCCCCCC/C=C\CCCCCCCCCC)COP(=O)([O-])OCC[N+](C)(C)C. The zero-order valence-corrected chi connectivity index (χ0v) is 53.4. The van der Waals surface area contributed by atoms with Crippen molar-refractivity contribution in [2.24, 2.45) is 0 Å². The fraction of sp³-hybridized carbons (Fsp3) is 0.743. The van der Waals surface area contributed by atoms with E-state index in [2.05, 4.69) is 111 Å². The molecule has 2 atom stereocenters. The number of hydrogen-bond donors (Lipinski definition) is 0. The van der Waals surface area contributed by atoms with Crippen LogP contribution in [0.4, 0.5) is 0 Å². The zero-order valence-electron chi connectivity index (χ0n) is 52.5. The Balaban J connectivity index is 4.11. The Labute approximate surface area is 493 Å². The van der Waals surface area contributed by atoms with E-state index in [1.807, 2.05) is 21.1 Å². The molecule has 0 amide bonds. The number of phosphoric ester groups is 1. The van der Waals surface area contributed by atoms with Gasteiger partial charge in [-0.3, -0.25) is 14.2 Å². The minimum Gasteiger partial charge on any atom is -0.756 e. The van der Waals surface area contributed by atoms with Gasteiger partial charge in [-0.2, -0.15) is 0 Å². The standard InChI is InChI=1S/C70H124NO8P/c1-6-8-10-12-14-16-18-20-22-24-26-28-30-31-32-33-34-35-36-37-38-39-41-43-45-47-49-51-53-55-57-59-61-63-70(73)79-68(67-78-80(74,75)77-65-64-71(3,4)5)66-76-69(72)62-60-58-56-54-52-50-48-46-44-42-40-29-27-25-23-21-19-17-15-13-11-9-7-2/h8,10,14,16,20,22,25-28,31-32,34-35,37-38,68H,6-7,9,11-13,15,17-19,21,23-24,29-30,33,36,39-67H2,1-5H3/b10-8-,16-14-,22-20-,27-25-,28-26-,32-31-,35-34-,38-37-. The molecular formula is C70H124NO8P. The van der Waals surface area contributed by atoms with Gasteiger partial charge in [-0.25, -0.2) is 0 Å². The highest BCUT2D eigenvalue weighted by atomic mass is 31.2. The Morgan fingerprint density at radius 3 is 1.07 bits per heavy atom. The first-order chi connectivity index (χ1) is 39.0. The van der Waals surface area contributed by atoms with Crippen molar-refractivity contribution in [3.8, 4) is 0 Å². The van der Waals surface area contributed by atoms with Gasteiger partial charge in [0.25, 0.3) is 7.82 Å². The van der Waals surface area contributed by atoms with Crippen molar-refractivity contribution in [1.82, 2.24) is 0 Å². The summed E-state index contributed by atoms with van der Waals surface area (Å²) in [5.41, 5.74) is 0. The molecule has 9 nitrogen and oxygen atoms in total. The van der Waals surface area contributed by atoms with Crippen molar-refractivity contribution in [1.29, 1.82) is 0 Å². The number of unbranched alkanes of at least 4 members (excludes halogenated alkanes) is 30. The van der Waals surface area contributed by atoms with Crippen LogP contribution in [0.2, 0.25) is 0 Å². The van der Waals surface area contributed by atoms with Crippen LogP contribution in [0.25, 0.3) is 0 Å². The second-order valence-electron chi connectivity index (χ2n) is 23.1. The van der Waals surface area contributed by atoms with E-state index >= 15 is 0 Å². The topological polar surface area (TPSA) is 111 Å². The van der Waals surface area contributed by atoms with E-state index in [9.17, 15) is 19.0 Å². The Morgan fingerprint density at radius 2 is 0.713 bits per heavy atom. The van der Waals surface area contributed by atoms with Crippen molar-refractivity contribution in [2.45, 2.75) is 290 Å². The van der Waals surface area contributed by atoms with Gasteiger partial charge in [-0.05, 0) is 96.3 Å². The number of phosphoric acid groups is 1. The highest BCUT2D eigenvalue weighted by molar-refractivity contribution is 7.45. The Bertz CT molecular complexity index is 1670. The van der Waals surface area contributed by atoms with E-state index in [-0.39, 0.29) is 32.0 Å². The van der Waals surface area contributed by atoms with E-state index in [0.717, 1.165) is 89.9 Å². The lowest BCUT2D eigenvalue weighted by molar-refractivity contribution is -0.870. The summed E-state index contributed by atoms with van der Waals surface area (Å²) in [6.45, 7) is 4.14. The van der Waals surface area contributed by atoms with Crippen LogP contribution in [-0.4, -0.2) is 70.0 Å². The first-order valence-electron chi connectivity index (χ1n) is 32.9. The molecule has 0 rings (SSSR count). The summed E-state index contributed by atoms with van der Waals surface area (Å²) in [6.07, 6.45) is 83.2. The van der Waals surface area contributed by atoms with Gasteiger partial charge in [-0.1, -0.05) is 272 Å². The summed E-state index contributed by atoms with van der Waals surface area (Å²) < 4.78 is 34.3. The van der Waals surface area contributed by atoms with Crippen LogP contribution in [0.1, 0.15) is 284 Å².